The first kappa shape index (κ1) is 20.1. The summed E-state index contributed by atoms with van der Waals surface area (Å²) < 4.78 is 7.01. The van der Waals surface area contributed by atoms with Gasteiger partial charge in [-0.1, -0.05) is 18.2 Å². The van der Waals surface area contributed by atoms with Gasteiger partial charge in [-0.05, 0) is 55.5 Å². The molecule has 156 valence electrons. The van der Waals surface area contributed by atoms with Crippen LogP contribution in [-0.2, 0) is 13.5 Å². The molecule has 30 heavy (non-hydrogen) atoms. The van der Waals surface area contributed by atoms with Crippen molar-refractivity contribution in [2.24, 2.45) is 7.05 Å². The number of pyridine rings is 1. The van der Waals surface area contributed by atoms with Crippen LogP contribution in [0.3, 0.4) is 0 Å². The van der Waals surface area contributed by atoms with Crippen molar-refractivity contribution in [3.63, 3.8) is 0 Å². The van der Waals surface area contributed by atoms with Gasteiger partial charge in [-0.2, -0.15) is 5.10 Å². The number of hydrogen-bond donors (Lipinski definition) is 0. The molecule has 3 heterocycles. The Kier molecular flexibility index (Phi) is 5.84. The van der Waals surface area contributed by atoms with E-state index in [0.29, 0.717) is 12.1 Å². The Balaban J connectivity index is 1.43. The molecule has 0 saturated carbocycles. The third kappa shape index (κ3) is 4.37. The molecule has 0 N–H and O–H groups in total. The maximum absolute atomic E-state index is 13.0. The molecule has 2 aromatic heterocycles. The maximum atomic E-state index is 13.0. The summed E-state index contributed by atoms with van der Waals surface area (Å²) in [5.74, 6) is 1.21. The molecule has 3 aromatic rings. The zero-order chi connectivity index (χ0) is 21.1. The lowest BCUT2D eigenvalue weighted by Crippen LogP contribution is -2.39. The van der Waals surface area contributed by atoms with E-state index in [4.69, 9.17) is 9.72 Å². The van der Waals surface area contributed by atoms with Gasteiger partial charge in [-0.25, -0.2) is 0 Å². The standard InChI is InChI=1S/C24H28N4O2/c1-17-22(16-27(2)26-17)24(29)28-11-5-7-20(15-28)23-10-9-19(14-25-23)12-18-6-4-8-21(13-18)30-3/h4,6,8-10,13-14,16,20H,5,7,11-12,15H2,1-3H3. The fourth-order valence-corrected chi connectivity index (χ4v) is 4.18. The minimum absolute atomic E-state index is 0.0694. The van der Waals surface area contributed by atoms with Gasteiger partial charge in [-0.3, -0.25) is 14.5 Å². The molecule has 0 aliphatic carbocycles. The minimum Gasteiger partial charge on any atom is -0.497 e. The molecular formula is C24H28N4O2. The largest absolute Gasteiger partial charge is 0.497 e. The van der Waals surface area contributed by atoms with E-state index >= 15 is 0 Å². The Morgan fingerprint density at radius 2 is 2.10 bits per heavy atom. The molecule has 1 saturated heterocycles. The van der Waals surface area contributed by atoms with Crippen LogP contribution >= 0.6 is 0 Å². The summed E-state index contributed by atoms with van der Waals surface area (Å²) in [5.41, 5.74) is 4.90. The summed E-state index contributed by atoms with van der Waals surface area (Å²) in [4.78, 5) is 19.7. The van der Waals surface area contributed by atoms with Crippen molar-refractivity contribution in [3.05, 3.63) is 76.9 Å². The van der Waals surface area contributed by atoms with Crippen LogP contribution in [0.4, 0.5) is 0 Å². The second kappa shape index (κ2) is 8.69. The molecule has 6 nitrogen and oxygen atoms in total. The first-order chi connectivity index (χ1) is 14.5. The molecule has 1 aromatic carbocycles. The van der Waals surface area contributed by atoms with Crippen molar-refractivity contribution in [2.75, 3.05) is 20.2 Å². The van der Waals surface area contributed by atoms with Gasteiger partial charge in [0.05, 0.1) is 18.4 Å². The minimum atomic E-state index is 0.0694. The van der Waals surface area contributed by atoms with Crippen LogP contribution in [0.25, 0.3) is 0 Å². The number of methoxy groups -OCH3 is 1. The number of aromatic nitrogens is 3. The third-order valence-electron chi connectivity index (χ3n) is 5.76. The highest BCUT2D eigenvalue weighted by atomic mass is 16.5. The second-order valence-corrected chi connectivity index (χ2v) is 8.01. The molecule has 0 bridgehead atoms. The Morgan fingerprint density at radius 3 is 2.80 bits per heavy atom. The number of benzene rings is 1. The van der Waals surface area contributed by atoms with Gasteiger partial charge in [0.15, 0.2) is 0 Å². The smallest absolute Gasteiger partial charge is 0.257 e. The summed E-state index contributed by atoms with van der Waals surface area (Å²) in [7, 11) is 3.53. The highest BCUT2D eigenvalue weighted by Crippen LogP contribution is 2.27. The predicted octanol–water partition coefficient (Wildman–Crippen LogP) is 3.74. The molecule has 0 radical (unpaired) electrons. The van der Waals surface area contributed by atoms with E-state index in [1.807, 2.05) is 43.4 Å². The lowest BCUT2D eigenvalue weighted by atomic mass is 9.93. The molecule has 1 aliphatic rings. The van der Waals surface area contributed by atoms with E-state index in [2.05, 4.69) is 29.4 Å². The van der Waals surface area contributed by atoms with Crippen LogP contribution in [0.1, 0.15) is 51.6 Å². The van der Waals surface area contributed by atoms with Gasteiger partial charge in [0, 0.05) is 44.1 Å². The Hall–Kier alpha value is -3.15. The highest BCUT2D eigenvalue weighted by Gasteiger charge is 2.27. The van der Waals surface area contributed by atoms with Gasteiger partial charge in [0.1, 0.15) is 5.75 Å². The molecule has 1 aliphatic heterocycles. The molecule has 1 amide bonds. The summed E-state index contributed by atoms with van der Waals surface area (Å²) >= 11 is 0. The van der Waals surface area contributed by atoms with E-state index in [1.54, 1.807) is 11.8 Å². The van der Waals surface area contributed by atoms with E-state index in [-0.39, 0.29) is 11.8 Å². The van der Waals surface area contributed by atoms with E-state index < -0.39 is 0 Å². The van der Waals surface area contributed by atoms with Crippen molar-refractivity contribution in [1.82, 2.24) is 19.7 Å². The van der Waals surface area contributed by atoms with Crippen LogP contribution in [-0.4, -0.2) is 45.8 Å². The van der Waals surface area contributed by atoms with E-state index in [1.165, 1.54) is 11.1 Å². The summed E-state index contributed by atoms with van der Waals surface area (Å²) in [6, 6.07) is 12.4. The average Bonchev–Trinajstić information content (AvgIpc) is 3.12. The Labute approximate surface area is 177 Å². The Morgan fingerprint density at radius 1 is 1.23 bits per heavy atom. The molecule has 1 unspecified atom stereocenters. The van der Waals surface area contributed by atoms with Gasteiger partial charge in [-0.15, -0.1) is 0 Å². The zero-order valence-corrected chi connectivity index (χ0v) is 17.8. The number of amides is 1. The second-order valence-electron chi connectivity index (χ2n) is 8.01. The molecular weight excluding hydrogens is 376 g/mol. The van der Waals surface area contributed by atoms with Crippen LogP contribution in [0.5, 0.6) is 5.75 Å². The fourth-order valence-electron chi connectivity index (χ4n) is 4.18. The van der Waals surface area contributed by atoms with Crippen molar-refractivity contribution < 1.29 is 9.53 Å². The highest BCUT2D eigenvalue weighted by molar-refractivity contribution is 5.95. The molecule has 4 rings (SSSR count). The summed E-state index contributed by atoms with van der Waals surface area (Å²) in [6.45, 7) is 3.38. The average molecular weight is 405 g/mol. The van der Waals surface area contributed by atoms with Crippen LogP contribution in [0.15, 0.2) is 48.8 Å². The fraction of sp³-hybridized carbons (Fsp3) is 0.375. The lowest BCUT2D eigenvalue weighted by Gasteiger charge is -2.32. The normalized spacial score (nSPS) is 16.5. The predicted molar refractivity (Wildman–Crippen MR) is 116 cm³/mol. The number of carbonyl (C=O) groups is 1. The molecule has 6 heteroatoms. The SMILES string of the molecule is COc1cccc(Cc2ccc(C3CCCN(C(=O)c4cn(C)nc4C)C3)nc2)c1. The number of hydrogen-bond acceptors (Lipinski definition) is 4. The summed E-state index contributed by atoms with van der Waals surface area (Å²) in [5, 5.41) is 4.31. The van der Waals surface area contributed by atoms with Crippen molar-refractivity contribution in [1.29, 1.82) is 0 Å². The van der Waals surface area contributed by atoms with Crippen LogP contribution in [0.2, 0.25) is 0 Å². The topological polar surface area (TPSA) is 60.2 Å². The van der Waals surface area contributed by atoms with Gasteiger partial charge >= 0.3 is 0 Å². The monoisotopic (exact) mass is 404 g/mol. The molecule has 1 fully saturated rings. The van der Waals surface area contributed by atoms with E-state index in [9.17, 15) is 4.79 Å². The molecule has 1 atom stereocenters. The maximum Gasteiger partial charge on any atom is 0.257 e. The van der Waals surface area contributed by atoms with Gasteiger partial charge in [0.25, 0.3) is 5.91 Å². The van der Waals surface area contributed by atoms with Gasteiger partial charge < -0.3 is 9.64 Å². The first-order valence-corrected chi connectivity index (χ1v) is 10.4. The van der Waals surface area contributed by atoms with Crippen molar-refractivity contribution in [3.8, 4) is 5.75 Å². The van der Waals surface area contributed by atoms with E-state index in [0.717, 1.165) is 42.9 Å². The Bertz CT molecular complexity index is 1030. The van der Waals surface area contributed by atoms with Gasteiger partial charge in [0.2, 0.25) is 0 Å². The quantitative estimate of drug-likeness (QED) is 0.650. The van der Waals surface area contributed by atoms with Crippen LogP contribution in [0, 0.1) is 6.92 Å². The number of aryl methyl sites for hydroxylation is 2. The number of rotatable bonds is 5. The molecule has 0 spiro atoms. The first-order valence-electron chi connectivity index (χ1n) is 10.4. The summed E-state index contributed by atoms with van der Waals surface area (Å²) in [6.07, 6.45) is 6.63. The third-order valence-corrected chi connectivity index (χ3v) is 5.76. The number of nitrogens with zero attached hydrogens (tertiary/aromatic N) is 4. The lowest BCUT2D eigenvalue weighted by molar-refractivity contribution is 0.0705. The number of carbonyl (C=O) groups excluding carboxylic acids is 1. The van der Waals surface area contributed by atoms with Crippen LogP contribution < -0.4 is 4.74 Å². The number of likely N-dealkylation sites (tertiary alicyclic amines) is 1. The number of ether oxygens (including phenoxy) is 1. The number of piperidine rings is 1. The van der Waals surface area contributed by atoms with Crippen molar-refractivity contribution >= 4 is 5.91 Å². The van der Waals surface area contributed by atoms with Crippen molar-refractivity contribution in [2.45, 2.75) is 32.1 Å². The zero-order valence-electron chi connectivity index (χ0n) is 17.8.